The lowest BCUT2D eigenvalue weighted by Crippen LogP contribution is -2.10. The van der Waals surface area contributed by atoms with E-state index in [1.807, 2.05) is 146 Å². The second kappa shape index (κ2) is 39.2. The number of aromatic nitrogens is 10. The van der Waals surface area contributed by atoms with Gasteiger partial charge >= 0.3 is 29.8 Å². The number of fused-ring (bicyclic) bond motifs is 15. The Morgan fingerprint density at radius 3 is 0.897 bits per heavy atom. The van der Waals surface area contributed by atoms with Crippen LogP contribution in [0.3, 0.4) is 0 Å². The van der Waals surface area contributed by atoms with Crippen molar-refractivity contribution in [1.29, 1.82) is 0 Å². The summed E-state index contributed by atoms with van der Waals surface area (Å²) in [5.74, 6) is -6.97. The summed E-state index contributed by atoms with van der Waals surface area (Å²) in [4.78, 5) is 79.7. The molecule has 10 N–H and O–H groups in total. The number of aromatic carboxylic acids is 5. The number of aromatic hydroxyl groups is 5. The quantitative estimate of drug-likeness (QED) is 0.0456. The number of nitrogens with zero attached hydrogens (tertiary/aromatic N) is 10. The van der Waals surface area contributed by atoms with Crippen molar-refractivity contribution >= 4 is 29.8 Å². The van der Waals surface area contributed by atoms with Crippen LogP contribution in [0.5, 0.6) is 28.7 Å². The van der Waals surface area contributed by atoms with Crippen LogP contribution in [-0.2, 0) is 64.2 Å². The maximum Gasteiger partial charge on any atom is 0.339 e. The van der Waals surface area contributed by atoms with Crippen LogP contribution in [0.25, 0.3) is 141 Å². The minimum atomic E-state index is -1.16. The molecule has 25 rings (SSSR count). The van der Waals surface area contributed by atoms with Crippen molar-refractivity contribution in [1.82, 2.24) is 47.8 Å². The molecule has 0 saturated carbocycles. The number of carboxylic acid groups (broad SMARTS) is 5. The van der Waals surface area contributed by atoms with E-state index in [4.69, 9.17) is 0 Å². The zero-order valence-electron chi connectivity index (χ0n) is 77.7. The van der Waals surface area contributed by atoms with Gasteiger partial charge in [0.25, 0.3) is 0 Å². The van der Waals surface area contributed by atoms with Crippen molar-refractivity contribution < 1.29 is 75.0 Å². The Morgan fingerprint density at radius 1 is 0.214 bits per heavy atom. The number of hydrogen-bond acceptors (Lipinski definition) is 15. The third-order valence-electron chi connectivity index (χ3n) is 27.3. The lowest BCUT2D eigenvalue weighted by Gasteiger charge is -2.20. The first-order chi connectivity index (χ1) is 70.7. The summed E-state index contributed by atoms with van der Waals surface area (Å²) in [6, 6.07) is 99.1. The monoisotopic (exact) mass is 1910 g/mol. The minimum Gasteiger partial charge on any atom is -0.507 e. The van der Waals surface area contributed by atoms with Gasteiger partial charge in [0.2, 0.25) is 0 Å². The molecule has 5 aliphatic rings. The van der Waals surface area contributed by atoms with Gasteiger partial charge in [-0.15, -0.1) is 0 Å². The summed E-state index contributed by atoms with van der Waals surface area (Å²) in [5, 5.41) is 97.1. The van der Waals surface area contributed by atoms with Crippen molar-refractivity contribution in [2.24, 2.45) is 0 Å². The fourth-order valence-electron chi connectivity index (χ4n) is 20.6. The van der Waals surface area contributed by atoms with Gasteiger partial charge in [-0.05, 0) is 290 Å². The van der Waals surface area contributed by atoms with E-state index in [2.05, 4.69) is 145 Å². The van der Waals surface area contributed by atoms with Gasteiger partial charge in [0.1, 0.15) is 56.6 Å². The molecule has 0 amide bonds. The molecule has 25 heteroatoms. The van der Waals surface area contributed by atoms with Gasteiger partial charge in [-0.3, -0.25) is 24.9 Å². The van der Waals surface area contributed by atoms with E-state index in [1.165, 1.54) is 105 Å². The summed E-state index contributed by atoms with van der Waals surface area (Å²) in [6.45, 7) is 0. The molecule has 0 bridgehead atoms. The Labute approximate surface area is 830 Å². The van der Waals surface area contributed by atoms with Crippen LogP contribution in [0.4, 0.5) is 0 Å². The summed E-state index contributed by atoms with van der Waals surface area (Å²) >= 11 is 0. The van der Waals surface area contributed by atoms with E-state index < -0.39 is 29.8 Å². The molecular formula is C120H90N10O15. The molecule has 0 spiro atoms. The van der Waals surface area contributed by atoms with Gasteiger partial charge < -0.3 is 73.9 Å². The summed E-state index contributed by atoms with van der Waals surface area (Å²) < 4.78 is 10.5. The molecule has 10 aromatic carbocycles. The molecule has 10 heterocycles. The van der Waals surface area contributed by atoms with Crippen LogP contribution in [0, 0.1) is 0 Å². The van der Waals surface area contributed by atoms with Gasteiger partial charge in [0.05, 0.1) is 39.9 Å². The van der Waals surface area contributed by atoms with Gasteiger partial charge in [-0.2, -0.15) is 0 Å². The highest BCUT2D eigenvalue weighted by molar-refractivity contribution is 5.96. The Hall–Kier alpha value is -19.3. The van der Waals surface area contributed by atoms with E-state index in [0.717, 1.165) is 188 Å². The first kappa shape index (κ1) is 92.1. The normalized spacial score (nSPS) is 12.3. The number of phenols is 5. The van der Waals surface area contributed by atoms with E-state index in [9.17, 15) is 75.0 Å². The fraction of sp³-hybridized carbons (Fsp3) is 0.0833. The van der Waals surface area contributed by atoms with E-state index in [-0.39, 0.29) is 56.6 Å². The second-order valence-electron chi connectivity index (χ2n) is 35.6. The predicted molar refractivity (Wildman–Crippen MR) is 552 cm³/mol. The lowest BCUT2D eigenvalue weighted by molar-refractivity contribution is 0.0682. The minimum absolute atomic E-state index is 0.109. The molecule has 145 heavy (non-hydrogen) atoms. The number of carboxylic acids is 5. The second-order valence-corrected chi connectivity index (χ2v) is 35.6. The zero-order chi connectivity index (χ0) is 99.8. The van der Waals surface area contributed by atoms with Gasteiger partial charge in [0, 0.05) is 151 Å². The number of benzene rings is 10. The molecule has 0 fully saturated rings. The molecule has 0 saturated heterocycles. The molecule has 0 aliphatic heterocycles. The van der Waals surface area contributed by atoms with Crippen molar-refractivity contribution in [3.8, 4) is 169 Å². The van der Waals surface area contributed by atoms with Crippen molar-refractivity contribution in [2.45, 2.75) is 64.2 Å². The Bertz CT molecular complexity index is 7350. The van der Waals surface area contributed by atoms with E-state index >= 15 is 0 Å². The van der Waals surface area contributed by atoms with Gasteiger partial charge in [0.15, 0.2) is 0 Å². The van der Waals surface area contributed by atoms with Crippen LogP contribution in [0.15, 0.2) is 365 Å². The molecule has 25 nitrogen and oxygen atoms in total. The third kappa shape index (κ3) is 17.7. The van der Waals surface area contributed by atoms with E-state index in [1.54, 1.807) is 61.3 Å². The Balaban J connectivity index is 0.000000107. The zero-order valence-corrected chi connectivity index (χ0v) is 77.7. The maximum atomic E-state index is 11.6. The first-order valence-corrected chi connectivity index (χ1v) is 47.2. The SMILES string of the molecule is O=C(O)c1cc(-n2c(-c3ccccc3)cc3c2CCc2cccnc2-3)ccc1O.O=C(O)c1cc(-n2c(-c3ccccc3)cc3c2CCc2ccncc2-3)ccc1O.O=C(O)c1cc(-n2c(-c3ccccn3)cc3c2CCc2ccccc2-3)ccc1O.O=C(O)c1cc(-n2c(-c3cccnc3)cc3c2CCc2ccccc2-3)ccc1O.O=C(O)c1cc(-n2c(-c3ccncc3)cc3c2CCc2ccccc2-3)ccc1O. The Morgan fingerprint density at radius 2 is 0.510 bits per heavy atom. The predicted octanol–water partition coefficient (Wildman–Crippen LogP) is 23.5. The van der Waals surface area contributed by atoms with Crippen LogP contribution in [-0.4, -0.2) is 129 Å². The van der Waals surface area contributed by atoms with Crippen molar-refractivity contribution in [3.63, 3.8) is 0 Å². The summed E-state index contributed by atoms with van der Waals surface area (Å²) in [7, 11) is 0. The van der Waals surface area contributed by atoms with Crippen molar-refractivity contribution in [3.05, 3.63) is 449 Å². The maximum absolute atomic E-state index is 11.6. The molecule has 0 radical (unpaired) electrons. The molecule has 0 unspecified atom stereocenters. The van der Waals surface area contributed by atoms with E-state index in [0.29, 0.717) is 28.4 Å². The average Bonchev–Trinajstić information content (AvgIpc) is 1.62. The third-order valence-corrected chi connectivity index (χ3v) is 27.3. The smallest absolute Gasteiger partial charge is 0.339 e. The van der Waals surface area contributed by atoms with Crippen molar-refractivity contribution in [2.75, 3.05) is 0 Å². The summed E-state index contributed by atoms with van der Waals surface area (Å²) in [6.07, 6.45) is 23.0. The molecule has 0 atom stereocenters. The fourth-order valence-corrected chi connectivity index (χ4v) is 20.6. The number of rotatable bonds is 15. The van der Waals surface area contributed by atoms with Gasteiger partial charge in [-0.25, -0.2) is 24.0 Å². The highest BCUT2D eigenvalue weighted by Gasteiger charge is 2.33. The molecule has 5 aliphatic carbocycles. The standard InChI is InChI=1S/5C24H18N2O3/c27-23-11-9-16(13-19(23)24(28)29)26-21-10-8-15-5-1-2-6-17(15)18(21)14-22(26)20-7-3-4-12-25-20;27-23-10-8-17(12-20(23)24(28)29)26-21-9-7-15-4-1-2-6-18(15)19(21)13-22(26)16-5-3-11-25-14-16;27-22-11-9-17(13-19(22)24(28)29)26-20-10-8-16-7-4-12-25-23(16)18(20)14-21(26)15-5-2-1-3-6-15;27-23-8-6-17(13-20(23)24(28)29)26-21-7-5-15-3-1-2-4-18(15)19(21)14-22(26)16-9-11-25-12-10-16;27-23-9-7-17(12-19(23)24(28)29)26-21-8-6-15-10-11-25-14-20(15)18(21)13-22(26)16-4-2-1-3-5-16/h1-7,9,11-14,27H,8,10H2,(H,28,29);1-6,8,10-14,27H,7,9H2,(H,28,29);1-7,9,11-14,27H,8,10H2,(H,28,29);1-4,6,8-14,27H,5,7H2,(H,28,29);1-5,7,9-14,27H,6,8H2,(H,28,29). The number of pyridine rings is 5. The van der Waals surface area contributed by atoms with Crippen LogP contribution >= 0.6 is 0 Å². The molecular weight excluding hydrogens is 1820 g/mol. The molecule has 10 aromatic heterocycles. The Kier molecular flexibility index (Phi) is 24.9. The molecule has 710 valence electrons. The van der Waals surface area contributed by atoms with Crippen LogP contribution in [0.1, 0.15) is 108 Å². The van der Waals surface area contributed by atoms with Crippen LogP contribution < -0.4 is 0 Å². The highest BCUT2D eigenvalue weighted by atomic mass is 16.4. The number of hydrogen-bond donors (Lipinski definition) is 10. The topological polar surface area (TPSA) is 377 Å². The summed E-state index contributed by atoms with van der Waals surface area (Å²) in [5.41, 5.74) is 35.9. The average molecular weight is 1910 g/mol. The first-order valence-electron chi connectivity index (χ1n) is 47.2. The van der Waals surface area contributed by atoms with Gasteiger partial charge in [-0.1, -0.05) is 146 Å². The lowest BCUT2D eigenvalue weighted by atomic mass is 9.90. The number of aryl methyl sites for hydroxylation is 5. The highest BCUT2D eigenvalue weighted by Crippen LogP contribution is 2.49. The largest absolute Gasteiger partial charge is 0.507 e. The number of carbonyl (C=O) groups is 5. The van der Waals surface area contributed by atoms with Crippen LogP contribution in [0.2, 0.25) is 0 Å². The molecule has 20 aromatic rings.